The first-order chi connectivity index (χ1) is 14.8. The van der Waals surface area contributed by atoms with Gasteiger partial charge in [0.15, 0.2) is 0 Å². The molecule has 0 bridgehead atoms. The molecule has 1 atom stereocenters. The van der Waals surface area contributed by atoms with E-state index in [9.17, 15) is 23.3 Å². The summed E-state index contributed by atoms with van der Waals surface area (Å²) in [5.74, 6) is -0.505. The van der Waals surface area contributed by atoms with Crippen molar-refractivity contribution in [3.63, 3.8) is 0 Å². The average Bonchev–Trinajstić information content (AvgIpc) is 2.78. The van der Waals surface area contributed by atoms with Gasteiger partial charge < -0.3 is 5.32 Å². The van der Waals surface area contributed by atoms with Crippen LogP contribution in [0.2, 0.25) is 0 Å². The number of nitro groups is 1. The van der Waals surface area contributed by atoms with E-state index >= 15 is 0 Å². The van der Waals surface area contributed by atoms with E-state index in [0.29, 0.717) is 0 Å². The Morgan fingerprint density at radius 2 is 1.52 bits per heavy atom. The van der Waals surface area contributed by atoms with E-state index in [1.165, 1.54) is 36.4 Å². The molecule has 0 aromatic heterocycles. The topological polar surface area (TPSA) is 110 Å². The fourth-order valence-corrected chi connectivity index (χ4v) is 4.46. The van der Waals surface area contributed by atoms with Crippen LogP contribution >= 0.6 is 0 Å². The van der Waals surface area contributed by atoms with Gasteiger partial charge in [-0.25, -0.2) is 8.42 Å². The molecule has 0 aliphatic rings. The van der Waals surface area contributed by atoms with Gasteiger partial charge in [-0.15, -0.1) is 0 Å². The Kier molecular flexibility index (Phi) is 6.66. The van der Waals surface area contributed by atoms with E-state index in [-0.39, 0.29) is 22.3 Å². The maximum Gasteiger partial charge on any atom is 0.269 e. The quantitative estimate of drug-likeness (QED) is 0.425. The summed E-state index contributed by atoms with van der Waals surface area (Å²) in [4.78, 5) is 23.1. The van der Waals surface area contributed by atoms with Crippen molar-refractivity contribution in [1.29, 1.82) is 0 Å². The zero-order valence-electron chi connectivity index (χ0n) is 16.7. The van der Waals surface area contributed by atoms with Gasteiger partial charge in [0.05, 0.1) is 21.5 Å². The maximum absolute atomic E-state index is 13.3. The number of rotatable bonds is 8. The molecule has 31 heavy (non-hydrogen) atoms. The van der Waals surface area contributed by atoms with Crippen LogP contribution in [0.1, 0.15) is 18.5 Å². The molecule has 3 aromatic rings. The molecule has 0 heterocycles. The van der Waals surface area contributed by atoms with Crippen LogP contribution in [0.25, 0.3) is 0 Å². The molecule has 8 nitrogen and oxygen atoms in total. The normalized spacial score (nSPS) is 12.0. The molecule has 0 radical (unpaired) electrons. The van der Waals surface area contributed by atoms with E-state index in [1.54, 1.807) is 25.1 Å². The van der Waals surface area contributed by atoms with Crippen LogP contribution in [0.15, 0.2) is 89.8 Å². The summed E-state index contributed by atoms with van der Waals surface area (Å²) in [7, 11) is -4.08. The highest BCUT2D eigenvalue weighted by Gasteiger charge is 2.28. The molecular formula is C22H21N3O5S. The monoisotopic (exact) mass is 439 g/mol. The van der Waals surface area contributed by atoms with Crippen molar-refractivity contribution in [2.45, 2.75) is 17.9 Å². The van der Waals surface area contributed by atoms with Gasteiger partial charge in [-0.3, -0.25) is 19.2 Å². The summed E-state index contributed by atoms with van der Waals surface area (Å²) in [6.45, 7) is 1.32. The summed E-state index contributed by atoms with van der Waals surface area (Å²) in [5.41, 5.74) is 0.851. The number of nitrogens with zero attached hydrogens (tertiary/aromatic N) is 2. The zero-order chi connectivity index (χ0) is 22.4. The molecule has 0 saturated carbocycles. The summed E-state index contributed by atoms with van der Waals surface area (Å²) in [6, 6.07) is 21.7. The van der Waals surface area contributed by atoms with Crippen LogP contribution in [-0.2, 0) is 14.8 Å². The molecule has 9 heteroatoms. The van der Waals surface area contributed by atoms with Crippen LogP contribution in [-0.4, -0.2) is 25.8 Å². The number of benzene rings is 3. The first-order valence-electron chi connectivity index (χ1n) is 9.45. The Labute approximate surface area is 180 Å². The number of nitro benzene ring substituents is 1. The Hall–Kier alpha value is -3.72. The smallest absolute Gasteiger partial charge is 0.269 e. The number of hydrogen-bond acceptors (Lipinski definition) is 5. The van der Waals surface area contributed by atoms with Crippen molar-refractivity contribution in [2.24, 2.45) is 0 Å². The number of amides is 1. The second kappa shape index (κ2) is 9.40. The molecular weight excluding hydrogens is 418 g/mol. The highest BCUT2D eigenvalue weighted by molar-refractivity contribution is 7.92. The van der Waals surface area contributed by atoms with Crippen molar-refractivity contribution >= 4 is 27.3 Å². The number of carbonyl (C=O) groups excluding carboxylic acids is 1. The van der Waals surface area contributed by atoms with Crippen molar-refractivity contribution < 1.29 is 18.1 Å². The Balaban J connectivity index is 1.90. The SMILES string of the molecule is C[C@H](NC(=O)CN(c1ccc([N+](=O)[O-])cc1)S(=O)(=O)c1ccccc1)c1ccccc1. The van der Waals surface area contributed by atoms with E-state index in [0.717, 1.165) is 9.87 Å². The highest BCUT2D eigenvalue weighted by Crippen LogP contribution is 2.26. The lowest BCUT2D eigenvalue weighted by Gasteiger charge is -2.25. The van der Waals surface area contributed by atoms with Gasteiger partial charge >= 0.3 is 0 Å². The van der Waals surface area contributed by atoms with E-state index in [4.69, 9.17) is 0 Å². The van der Waals surface area contributed by atoms with Gasteiger partial charge in [0.1, 0.15) is 6.54 Å². The molecule has 1 amide bonds. The summed E-state index contributed by atoms with van der Waals surface area (Å²) in [6.07, 6.45) is 0. The number of carbonyl (C=O) groups is 1. The first-order valence-corrected chi connectivity index (χ1v) is 10.9. The largest absolute Gasteiger partial charge is 0.348 e. The third kappa shape index (κ3) is 5.26. The zero-order valence-corrected chi connectivity index (χ0v) is 17.5. The molecule has 160 valence electrons. The maximum atomic E-state index is 13.3. The van der Waals surface area contributed by atoms with Gasteiger partial charge in [-0.05, 0) is 36.8 Å². The van der Waals surface area contributed by atoms with Crippen molar-refractivity contribution in [2.75, 3.05) is 10.8 Å². The van der Waals surface area contributed by atoms with Gasteiger partial charge in [0.25, 0.3) is 15.7 Å². The molecule has 0 unspecified atom stereocenters. The molecule has 1 N–H and O–H groups in total. The molecule has 3 rings (SSSR count). The van der Waals surface area contributed by atoms with Crippen LogP contribution < -0.4 is 9.62 Å². The van der Waals surface area contributed by atoms with Gasteiger partial charge in [-0.1, -0.05) is 48.5 Å². The van der Waals surface area contributed by atoms with Gasteiger partial charge in [0.2, 0.25) is 5.91 Å². The van der Waals surface area contributed by atoms with Crippen molar-refractivity contribution in [3.05, 3.63) is 101 Å². The Morgan fingerprint density at radius 3 is 2.06 bits per heavy atom. The van der Waals surface area contributed by atoms with Crippen LogP contribution in [0.4, 0.5) is 11.4 Å². The molecule has 0 fully saturated rings. The predicted octanol–water partition coefficient (Wildman–Crippen LogP) is 3.67. The third-order valence-electron chi connectivity index (χ3n) is 4.64. The lowest BCUT2D eigenvalue weighted by atomic mass is 10.1. The lowest BCUT2D eigenvalue weighted by molar-refractivity contribution is -0.384. The Morgan fingerprint density at radius 1 is 0.968 bits per heavy atom. The fraction of sp³-hybridized carbons (Fsp3) is 0.136. The standard InChI is InChI=1S/C22H21N3O5S/c1-17(18-8-4-2-5-9-18)23-22(26)16-24(19-12-14-20(15-13-19)25(27)28)31(29,30)21-10-6-3-7-11-21/h2-15,17H,16H2,1H3,(H,23,26)/t17-/m0/s1. The number of anilines is 1. The average molecular weight is 439 g/mol. The number of nitrogens with one attached hydrogen (secondary N) is 1. The molecule has 0 aliphatic carbocycles. The number of hydrogen-bond donors (Lipinski definition) is 1. The van der Waals surface area contributed by atoms with Gasteiger partial charge in [0, 0.05) is 12.1 Å². The summed E-state index contributed by atoms with van der Waals surface area (Å²) in [5, 5.41) is 13.7. The molecule has 0 saturated heterocycles. The third-order valence-corrected chi connectivity index (χ3v) is 6.43. The lowest BCUT2D eigenvalue weighted by Crippen LogP contribution is -2.41. The van der Waals surface area contributed by atoms with Gasteiger partial charge in [-0.2, -0.15) is 0 Å². The van der Waals surface area contributed by atoms with Crippen LogP contribution in [0.3, 0.4) is 0 Å². The van der Waals surface area contributed by atoms with E-state index < -0.39 is 27.4 Å². The first kappa shape index (κ1) is 22.0. The molecule has 3 aromatic carbocycles. The fourth-order valence-electron chi connectivity index (χ4n) is 3.02. The van der Waals surface area contributed by atoms with Crippen molar-refractivity contribution in [3.8, 4) is 0 Å². The van der Waals surface area contributed by atoms with E-state index in [2.05, 4.69) is 5.32 Å². The molecule has 0 spiro atoms. The highest BCUT2D eigenvalue weighted by atomic mass is 32.2. The minimum atomic E-state index is -4.08. The summed E-state index contributed by atoms with van der Waals surface area (Å²) < 4.78 is 27.5. The minimum absolute atomic E-state index is 0.0114. The summed E-state index contributed by atoms with van der Waals surface area (Å²) >= 11 is 0. The number of non-ortho nitro benzene ring substituents is 1. The second-order valence-electron chi connectivity index (χ2n) is 6.80. The van der Waals surface area contributed by atoms with Crippen LogP contribution in [0, 0.1) is 10.1 Å². The number of sulfonamides is 1. The Bertz CT molecular complexity index is 1150. The predicted molar refractivity (Wildman–Crippen MR) is 117 cm³/mol. The van der Waals surface area contributed by atoms with E-state index in [1.807, 2.05) is 30.3 Å². The second-order valence-corrected chi connectivity index (χ2v) is 8.66. The van der Waals surface area contributed by atoms with Crippen LogP contribution in [0.5, 0.6) is 0 Å². The minimum Gasteiger partial charge on any atom is -0.348 e. The molecule has 0 aliphatic heterocycles. The van der Waals surface area contributed by atoms with Crippen molar-refractivity contribution in [1.82, 2.24) is 5.32 Å².